The van der Waals surface area contributed by atoms with Crippen LogP contribution in [0.4, 0.5) is 11.4 Å². The van der Waals surface area contributed by atoms with E-state index < -0.39 is 10.6 Å². The van der Waals surface area contributed by atoms with E-state index in [2.05, 4.69) is 9.98 Å². The van der Waals surface area contributed by atoms with E-state index in [4.69, 9.17) is 16.2 Å². The molecule has 0 aromatic heterocycles. The van der Waals surface area contributed by atoms with Gasteiger partial charge in [-0.15, -0.1) is 12.4 Å². The highest BCUT2D eigenvalue weighted by Gasteiger charge is 2.34. The summed E-state index contributed by atoms with van der Waals surface area (Å²) in [4.78, 5) is 21.0. The Hall–Kier alpha value is -3.33. The number of nitrogens with two attached hydrogens (primary N) is 2. The SMILES string of the molecule is CC1(C)N=C(N)N=C(N)N1c1ccc(OCCCc2ccccc2)c([N+](=O)[O-])c1.Cl. The predicted octanol–water partition coefficient (Wildman–Crippen LogP) is 3.21. The highest BCUT2D eigenvalue weighted by Crippen LogP contribution is 2.35. The van der Waals surface area contributed by atoms with E-state index in [0.29, 0.717) is 12.3 Å². The molecule has 1 heterocycles. The molecule has 0 saturated heterocycles. The molecule has 10 heteroatoms. The van der Waals surface area contributed by atoms with Crippen molar-refractivity contribution in [2.24, 2.45) is 21.5 Å². The first kappa shape index (κ1) is 23.0. The maximum absolute atomic E-state index is 11.6. The first-order valence-corrected chi connectivity index (χ1v) is 9.23. The van der Waals surface area contributed by atoms with Gasteiger partial charge in [-0.3, -0.25) is 15.0 Å². The van der Waals surface area contributed by atoms with Crippen LogP contribution in [-0.4, -0.2) is 29.1 Å². The number of hydrogen-bond acceptors (Lipinski definition) is 8. The van der Waals surface area contributed by atoms with E-state index in [1.165, 1.54) is 11.6 Å². The summed E-state index contributed by atoms with van der Waals surface area (Å²) in [6.45, 7) is 3.96. The van der Waals surface area contributed by atoms with E-state index in [0.717, 1.165) is 12.8 Å². The van der Waals surface area contributed by atoms with Crippen molar-refractivity contribution in [3.05, 3.63) is 64.2 Å². The smallest absolute Gasteiger partial charge is 0.312 e. The molecular weight excluding hydrogens is 408 g/mol. The Balaban J connectivity index is 0.00000320. The maximum atomic E-state index is 11.6. The van der Waals surface area contributed by atoms with Gasteiger partial charge in [0.1, 0.15) is 5.66 Å². The Morgan fingerprint density at radius 1 is 1.17 bits per heavy atom. The summed E-state index contributed by atoms with van der Waals surface area (Å²) in [5.41, 5.74) is 12.4. The summed E-state index contributed by atoms with van der Waals surface area (Å²) in [5, 5.41) is 11.6. The Labute approximate surface area is 181 Å². The average Bonchev–Trinajstić information content (AvgIpc) is 2.65. The number of aryl methyl sites for hydroxylation is 1. The van der Waals surface area contributed by atoms with Crippen LogP contribution in [0.2, 0.25) is 0 Å². The van der Waals surface area contributed by atoms with E-state index in [1.807, 2.05) is 30.3 Å². The molecule has 2 aromatic rings. The molecular formula is C20H25ClN6O3. The lowest BCUT2D eigenvalue weighted by atomic mass is 10.1. The van der Waals surface area contributed by atoms with Gasteiger partial charge in [0, 0.05) is 6.07 Å². The molecule has 160 valence electrons. The first-order valence-electron chi connectivity index (χ1n) is 9.23. The van der Waals surface area contributed by atoms with Crippen LogP contribution in [0.1, 0.15) is 25.8 Å². The summed E-state index contributed by atoms with van der Waals surface area (Å²) >= 11 is 0. The highest BCUT2D eigenvalue weighted by atomic mass is 35.5. The number of aliphatic imine (C=N–C) groups is 2. The molecule has 0 spiro atoms. The molecule has 1 aliphatic heterocycles. The molecule has 30 heavy (non-hydrogen) atoms. The molecule has 0 aliphatic carbocycles. The third-order valence-corrected chi connectivity index (χ3v) is 4.50. The van der Waals surface area contributed by atoms with Crippen molar-refractivity contribution in [2.45, 2.75) is 32.4 Å². The van der Waals surface area contributed by atoms with Gasteiger partial charge in [0.25, 0.3) is 0 Å². The fourth-order valence-electron chi connectivity index (χ4n) is 3.26. The van der Waals surface area contributed by atoms with E-state index in [9.17, 15) is 10.1 Å². The second-order valence-electron chi connectivity index (χ2n) is 7.12. The lowest BCUT2D eigenvalue weighted by molar-refractivity contribution is -0.385. The van der Waals surface area contributed by atoms with Crippen LogP contribution < -0.4 is 21.1 Å². The van der Waals surface area contributed by atoms with Crippen molar-refractivity contribution in [2.75, 3.05) is 11.5 Å². The van der Waals surface area contributed by atoms with Crippen LogP contribution in [-0.2, 0) is 6.42 Å². The average molecular weight is 433 g/mol. The predicted molar refractivity (Wildman–Crippen MR) is 120 cm³/mol. The third kappa shape index (κ3) is 5.18. The van der Waals surface area contributed by atoms with Crippen molar-refractivity contribution >= 4 is 35.7 Å². The molecule has 4 N–H and O–H groups in total. The largest absolute Gasteiger partial charge is 0.487 e. The molecule has 0 amide bonds. The van der Waals surface area contributed by atoms with Gasteiger partial charge < -0.3 is 16.2 Å². The molecule has 0 fully saturated rings. The molecule has 0 radical (unpaired) electrons. The van der Waals surface area contributed by atoms with E-state index in [-0.39, 0.29) is 35.8 Å². The molecule has 1 aliphatic rings. The van der Waals surface area contributed by atoms with Gasteiger partial charge in [-0.25, -0.2) is 4.99 Å². The second kappa shape index (κ2) is 9.45. The zero-order valence-electron chi connectivity index (χ0n) is 16.8. The Kier molecular flexibility index (Phi) is 7.23. The van der Waals surface area contributed by atoms with Crippen molar-refractivity contribution in [1.29, 1.82) is 0 Å². The van der Waals surface area contributed by atoms with Gasteiger partial charge in [0.2, 0.25) is 11.9 Å². The van der Waals surface area contributed by atoms with Crippen LogP contribution in [0.5, 0.6) is 5.75 Å². The summed E-state index contributed by atoms with van der Waals surface area (Å²) < 4.78 is 5.69. The molecule has 3 rings (SSSR count). The fourth-order valence-corrected chi connectivity index (χ4v) is 3.26. The fraction of sp³-hybridized carbons (Fsp3) is 0.300. The monoisotopic (exact) mass is 432 g/mol. The van der Waals surface area contributed by atoms with E-state index >= 15 is 0 Å². The minimum atomic E-state index is -0.832. The quantitative estimate of drug-likeness (QED) is 0.392. The molecule has 0 bridgehead atoms. The van der Waals surface area contributed by atoms with Crippen molar-refractivity contribution < 1.29 is 9.66 Å². The van der Waals surface area contributed by atoms with Crippen molar-refractivity contribution in [3.8, 4) is 5.75 Å². The zero-order chi connectivity index (χ0) is 21.0. The van der Waals surface area contributed by atoms with Gasteiger partial charge in [-0.05, 0) is 44.4 Å². The van der Waals surface area contributed by atoms with Gasteiger partial charge in [0.15, 0.2) is 5.75 Å². The highest BCUT2D eigenvalue weighted by molar-refractivity contribution is 6.05. The van der Waals surface area contributed by atoms with E-state index in [1.54, 1.807) is 30.9 Å². The molecule has 0 unspecified atom stereocenters. The standard InChI is InChI=1S/C20H24N6O3.ClH/c1-20(2)24-18(21)23-19(22)25(20)15-10-11-17(16(13-15)26(27)28)29-12-6-9-14-7-4-3-5-8-14;/h3-5,7-8,10-11,13H,6,9,12H2,1-2H3,(H4,21,22,23,24);1H. The molecule has 0 saturated carbocycles. The van der Waals surface area contributed by atoms with Gasteiger partial charge in [0.05, 0.1) is 17.2 Å². The number of nitrogens with zero attached hydrogens (tertiary/aromatic N) is 4. The first-order chi connectivity index (χ1) is 13.8. The molecule has 9 nitrogen and oxygen atoms in total. The topological polar surface area (TPSA) is 132 Å². The Morgan fingerprint density at radius 2 is 1.87 bits per heavy atom. The summed E-state index contributed by atoms with van der Waals surface area (Å²) in [5.74, 6) is 0.394. The summed E-state index contributed by atoms with van der Waals surface area (Å²) in [7, 11) is 0. The van der Waals surface area contributed by atoms with Gasteiger partial charge in [-0.2, -0.15) is 4.99 Å². The van der Waals surface area contributed by atoms with Crippen LogP contribution in [0.25, 0.3) is 0 Å². The summed E-state index contributed by atoms with van der Waals surface area (Å²) in [6, 6.07) is 14.7. The third-order valence-electron chi connectivity index (χ3n) is 4.50. The van der Waals surface area contributed by atoms with Gasteiger partial charge in [-0.1, -0.05) is 30.3 Å². The number of guanidine groups is 2. The number of nitro groups is 1. The van der Waals surface area contributed by atoms with Crippen LogP contribution in [0, 0.1) is 10.1 Å². The van der Waals surface area contributed by atoms with Crippen LogP contribution in [0.3, 0.4) is 0 Å². The van der Waals surface area contributed by atoms with Crippen LogP contribution >= 0.6 is 12.4 Å². The number of rotatable bonds is 7. The van der Waals surface area contributed by atoms with Crippen LogP contribution in [0.15, 0.2) is 58.5 Å². The minimum Gasteiger partial charge on any atom is -0.487 e. The maximum Gasteiger partial charge on any atom is 0.312 e. The Morgan fingerprint density at radius 3 is 2.50 bits per heavy atom. The second-order valence-corrected chi connectivity index (χ2v) is 7.12. The number of nitro benzene ring substituents is 1. The Bertz CT molecular complexity index is 962. The zero-order valence-corrected chi connectivity index (χ0v) is 17.6. The number of hydrogen-bond donors (Lipinski definition) is 2. The van der Waals surface area contributed by atoms with Gasteiger partial charge >= 0.3 is 5.69 Å². The molecule has 0 atom stereocenters. The van der Waals surface area contributed by atoms with Crippen molar-refractivity contribution in [3.63, 3.8) is 0 Å². The van der Waals surface area contributed by atoms with Crippen molar-refractivity contribution in [1.82, 2.24) is 0 Å². The number of anilines is 1. The minimum absolute atomic E-state index is 0. The summed E-state index contributed by atoms with van der Waals surface area (Å²) in [6.07, 6.45) is 1.58. The number of ether oxygens (including phenoxy) is 1. The normalized spacial score (nSPS) is 14.9. The lowest BCUT2D eigenvalue weighted by Crippen LogP contribution is -2.54. The number of halogens is 1. The lowest BCUT2D eigenvalue weighted by Gasteiger charge is -2.38. The number of benzene rings is 2. The molecule has 2 aromatic carbocycles.